The van der Waals surface area contributed by atoms with Crippen LogP contribution in [-0.2, 0) is 6.54 Å². The summed E-state index contributed by atoms with van der Waals surface area (Å²) in [5.41, 5.74) is 0.725. The normalized spacial score (nSPS) is 12.4. The minimum Gasteiger partial charge on any atom is -0.306 e. The number of rotatable bonds is 4. The van der Waals surface area contributed by atoms with Crippen LogP contribution in [0.25, 0.3) is 0 Å². The van der Waals surface area contributed by atoms with E-state index in [1.165, 1.54) is 6.07 Å². The predicted octanol–water partition coefficient (Wildman–Crippen LogP) is 3.95. The van der Waals surface area contributed by atoms with E-state index in [0.29, 0.717) is 5.56 Å². The largest absolute Gasteiger partial charge is 0.306 e. The Morgan fingerprint density at radius 1 is 1.00 bits per heavy atom. The van der Waals surface area contributed by atoms with Gasteiger partial charge in [0.15, 0.2) is 0 Å². The van der Waals surface area contributed by atoms with Gasteiger partial charge >= 0.3 is 0 Å². The Morgan fingerprint density at radius 3 is 2.47 bits per heavy atom. The third-order valence-corrected chi connectivity index (χ3v) is 2.98. The Morgan fingerprint density at radius 2 is 1.74 bits per heavy atom. The van der Waals surface area contributed by atoms with E-state index in [2.05, 4.69) is 5.32 Å². The summed E-state index contributed by atoms with van der Waals surface area (Å²) in [4.78, 5) is 0. The van der Waals surface area contributed by atoms with Crippen molar-refractivity contribution in [3.8, 4) is 0 Å². The first kappa shape index (κ1) is 13.6. The van der Waals surface area contributed by atoms with E-state index in [-0.39, 0.29) is 24.0 Å². The SMILES string of the molecule is CC(NCc1cc(F)ccc1F)c1ccccc1F. The van der Waals surface area contributed by atoms with Crippen molar-refractivity contribution < 1.29 is 13.2 Å². The average molecular weight is 265 g/mol. The van der Waals surface area contributed by atoms with Crippen LogP contribution in [0.2, 0.25) is 0 Å². The summed E-state index contributed by atoms with van der Waals surface area (Å²) < 4.78 is 40.0. The second kappa shape index (κ2) is 5.89. The van der Waals surface area contributed by atoms with E-state index in [0.717, 1.165) is 18.2 Å². The fourth-order valence-electron chi connectivity index (χ4n) is 1.88. The topological polar surface area (TPSA) is 12.0 Å². The number of halogens is 3. The summed E-state index contributed by atoms with van der Waals surface area (Å²) in [6.07, 6.45) is 0. The van der Waals surface area contributed by atoms with Gasteiger partial charge < -0.3 is 5.32 Å². The highest BCUT2D eigenvalue weighted by Gasteiger charge is 2.11. The molecule has 0 saturated carbocycles. The van der Waals surface area contributed by atoms with Gasteiger partial charge in [0.2, 0.25) is 0 Å². The van der Waals surface area contributed by atoms with Crippen molar-refractivity contribution in [2.45, 2.75) is 19.5 Å². The molecule has 2 aromatic rings. The summed E-state index contributed by atoms with van der Waals surface area (Å²) in [6, 6.07) is 9.38. The fourth-order valence-corrected chi connectivity index (χ4v) is 1.88. The molecule has 1 N–H and O–H groups in total. The quantitative estimate of drug-likeness (QED) is 0.882. The van der Waals surface area contributed by atoms with E-state index in [1.54, 1.807) is 25.1 Å². The molecule has 0 radical (unpaired) electrons. The van der Waals surface area contributed by atoms with E-state index in [1.807, 2.05) is 0 Å². The number of nitrogens with one attached hydrogen (secondary N) is 1. The van der Waals surface area contributed by atoms with Gasteiger partial charge in [0.05, 0.1) is 0 Å². The lowest BCUT2D eigenvalue weighted by Crippen LogP contribution is -2.19. The molecule has 0 aliphatic heterocycles. The van der Waals surface area contributed by atoms with Crippen LogP contribution < -0.4 is 5.32 Å². The molecule has 1 unspecified atom stereocenters. The highest BCUT2D eigenvalue weighted by molar-refractivity contribution is 5.22. The minimum atomic E-state index is -0.489. The predicted molar refractivity (Wildman–Crippen MR) is 68.0 cm³/mol. The minimum absolute atomic E-state index is 0.138. The van der Waals surface area contributed by atoms with E-state index < -0.39 is 11.6 Å². The van der Waals surface area contributed by atoms with Crippen LogP contribution in [-0.4, -0.2) is 0 Å². The number of hydrogen-bond acceptors (Lipinski definition) is 1. The molecule has 2 rings (SSSR count). The molecule has 0 saturated heterocycles. The summed E-state index contributed by atoms with van der Waals surface area (Å²) >= 11 is 0. The fraction of sp³-hybridized carbons (Fsp3) is 0.200. The van der Waals surface area contributed by atoms with Gasteiger partial charge in [-0.15, -0.1) is 0 Å². The van der Waals surface area contributed by atoms with Crippen molar-refractivity contribution in [1.82, 2.24) is 5.32 Å². The summed E-state index contributed by atoms with van der Waals surface area (Å²) in [7, 11) is 0. The van der Waals surface area contributed by atoms with Crippen molar-refractivity contribution in [3.63, 3.8) is 0 Å². The monoisotopic (exact) mass is 265 g/mol. The molecular weight excluding hydrogens is 251 g/mol. The van der Waals surface area contributed by atoms with Crippen molar-refractivity contribution in [3.05, 3.63) is 71.0 Å². The number of hydrogen-bond donors (Lipinski definition) is 1. The molecule has 4 heteroatoms. The lowest BCUT2D eigenvalue weighted by atomic mass is 10.1. The van der Waals surface area contributed by atoms with Crippen LogP contribution in [0.3, 0.4) is 0 Å². The average Bonchev–Trinajstić information content (AvgIpc) is 2.40. The van der Waals surface area contributed by atoms with Gasteiger partial charge in [0.1, 0.15) is 17.5 Å². The zero-order chi connectivity index (χ0) is 13.8. The lowest BCUT2D eigenvalue weighted by molar-refractivity contribution is 0.511. The van der Waals surface area contributed by atoms with Crippen molar-refractivity contribution in [2.75, 3.05) is 0 Å². The Kier molecular flexibility index (Phi) is 4.22. The van der Waals surface area contributed by atoms with Crippen LogP contribution in [0.4, 0.5) is 13.2 Å². The zero-order valence-corrected chi connectivity index (χ0v) is 10.5. The van der Waals surface area contributed by atoms with Crippen molar-refractivity contribution >= 4 is 0 Å². The highest BCUT2D eigenvalue weighted by atomic mass is 19.1. The molecule has 0 spiro atoms. The van der Waals surface area contributed by atoms with E-state index >= 15 is 0 Å². The van der Waals surface area contributed by atoms with Gasteiger partial charge in [-0.05, 0) is 31.2 Å². The van der Waals surface area contributed by atoms with Gasteiger partial charge in [-0.3, -0.25) is 0 Å². The van der Waals surface area contributed by atoms with E-state index in [9.17, 15) is 13.2 Å². The van der Waals surface area contributed by atoms with Crippen LogP contribution in [0.15, 0.2) is 42.5 Å². The summed E-state index contributed by atoms with van der Waals surface area (Å²) in [5, 5.41) is 2.98. The molecule has 0 bridgehead atoms. The first-order chi connectivity index (χ1) is 9.08. The maximum absolute atomic E-state index is 13.5. The molecule has 0 aliphatic rings. The highest BCUT2D eigenvalue weighted by Crippen LogP contribution is 2.17. The van der Waals surface area contributed by atoms with Crippen LogP contribution in [0.5, 0.6) is 0 Å². The Hall–Kier alpha value is -1.81. The molecule has 2 aromatic carbocycles. The van der Waals surface area contributed by atoms with Gasteiger partial charge in [0.25, 0.3) is 0 Å². The first-order valence-electron chi connectivity index (χ1n) is 5.99. The van der Waals surface area contributed by atoms with Crippen LogP contribution >= 0.6 is 0 Å². The Labute approximate surface area is 110 Å². The molecule has 0 aromatic heterocycles. The van der Waals surface area contributed by atoms with Gasteiger partial charge in [-0.2, -0.15) is 0 Å². The Balaban J connectivity index is 2.06. The first-order valence-corrected chi connectivity index (χ1v) is 5.99. The molecule has 1 nitrogen and oxygen atoms in total. The van der Waals surface area contributed by atoms with Gasteiger partial charge in [0, 0.05) is 23.7 Å². The number of benzene rings is 2. The molecule has 1 atom stereocenters. The van der Waals surface area contributed by atoms with E-state index in [4.69, 9.17) is 0 Å². The summed E-state index contributed by atoms with van der Waals surface area (Å²) in [5.74, 6) is -1.28. The maximum atomic E-state index is 13.5. The third kappa shape index (κ3) is 3.35. The molecule has 100 valence electrons. The molecule has 19 heavy (non-hydrogen) atoms. The molecule has 0 aliphatic carbocycles. The van der Waals surface area contributed by atoms with Crippen molar-refractivity contribution in [1.29, 1.82) is 0 Å². The van der Waals surface area contributed by atoms with Crippen LogP contribution in [0.1, 0.15) is 24.1 Å². The standard InChI is InChI=1S/C15H14F3N/c1-10(13-4-2-3-5-15(13)18)19-9-11-8-12(16)6-7-14(11)17/h2-8,10,19H,9H2,1H3. The smallest absolute Gasteiger partial charge is 0.127 e. The zero-order valence-electron chi connectivity index (χ0n) is 10.5. The second-order valence-corrected chi connectivity index (χ2v) is 4.36. The lowest BCUT2D eigenvalue weighted by Gasteiger charge is -2.15. The molecule has 0 heterocycles. The molecule has 0 amide bonds. The van der Waals surface area contributed by atoms with Crippen LogP contribution in [0, 0.1) is 17.5 Å². The van der Waals surface area contributed by atoms with Gasteiger partial charge in [-0.25, -0.2) is 13.2 Å². The molecular formula is C15H14F3N. The maximum Gasteiger partial charge on any atom is 0.127 e. The summed E-state index contributed by atoms with van der Waals surface area (Å²) in [6.45, 7) is 1.91. The molecule has 0 fully saturated rings. The Bertz CT molecular complexity index is 569. The van der Waals surface area contributed by atoms with Gasteiger partial charge in [-0.1, -0.05) is 18.2 Å². The third-order valence-electron chi connectivity index (χ3n) is 2.98. The second-order valence-electron chi connectivity index (χ2n) is 4.36. The van der Waals surface area contributed by atoms with Crippen molar-refractivity contribution in [2.24, 2.45) is 0 Å².